The van der Waals surface area contributed by atoms with Crippen molar-refractivity contribution >= 4 is 23.4 Å². The van der Waals surface area contributed by atoms with Crippen LogP contribution in [0.2, 0.25) is 0 Å². The molecule has 0 aliphatic carbocycles. The lowest BCUT2D eigenvalue weighted by molar-refractivity contribution is -0.275. The number of halogens is 5. The fourth-order valence-electron chi connectivity index (χ4n) is 3.74. The predicted molar refractivity (Wildman–Crippen MR) is 129 cm³/mol. The van der Waals surface area contributed by atoms with Crippen molar-refractivity contribution in [2.45, 2.75) is 38.5 Å². The van der Waals surface area contributed by atoms with Gasteiger partial charge in [-0.15, -0.1) is 24.8 Å². The molecule has 1 aromatic heterocycles. The summed E-state index contributed by atoms with van der Waals surface area (Å²) in [5, 5.41) is 0.367. The molecule has 0 spiro atoms. The van der Waals surface area contributed by atoms with Crippen molar-refractivity contribution in [2.75, 3.05) is 13.0 Å². The average Bonchev–Trinajstić information content (AvgIpc) is 3.31. The molecule has 0 aliphatic heterocycles. The summed E-state index contributed by atoms with van der Waals surface area (Å²) in [5.41, 5.74) is 0.487. The van der Waals surface area contributed by atoms with E-state index in [1.807, 2.05) is 0 Å². The van der Waals surface area contributed by atoms with E-state index in [2.05, 4.69) is 9.72 Å². The number of nitrogens with zero attached hydrogens (tertiary/aromatic N) is 2. The fourth-order valence-corrected chi connectivity index (χ4v) is 3.93. The molecule has 1 unspecified atom stereocenters. The minimum atomic E-state index is -5.15. The molecule has 0 bridgehead atoms. The van der Waals surface area contributed by atoms with E-state index in [0.29, 0.717) is 35.1 Å². The van der Waals surface area contributed by atoms with Gasteiger partial charge >= 0.3 is 6.36 Å². The number of hydrogen-bond donors (Lipinski definition) is 1. The number of amides is 2. The smallest absolute Gasteiger partial charge is 0.496 e. The van der Waals surface area contributed by atoms with Gasteiger partial charge in [-0.25, -0.2) is 20.2 Å². The molecule has 2 amide bonds. The number of rotatable bonds is 10. The average molecular weight is 558 g/mol. The number of hydrazine groups is 1. The summed E-state index contributed by atoms with van der Waals surface area (Å²) in [7, 11) is 1.38. The van der Waals surface area contributed by atoms with Crippen LogP contribution < -0.4 is 15.3 Å². The van der Waals surface area contributed by atoms with Gasteiger partial charge in [0.1, 0.15) is 5.75 Å². The zero-order valence-corrected chi connectivity index (χ0v) is 21.1. The van der Waals surface area contributed by atoms with E-state index in [1.165, 1.54) is 31.5 Å². The highest BCUT2D eigenvalue weighted by atomic mass is 35.5. The Morgan fingerprint density at radius 2 is 1.89 bits per heavy atom. The van der Waals surface area contributed by atoms with Crippen LogP contribution in [0, 0.1) is 12.7 Å². The first kappa shape index (κ1) is 28.9. The first-order valence-corrected chi connectivity index (χ1v) is 11.8. The van der Waals surface area contributed by atoms with E-state index in [0.717, 1.165) is 18.2 Å². The molecule has 0 saturated heterocycles. The normalized spacial score (nSPS) is 12.2. The van der Waals surface area contributed by atoms with Crippen molar-refractivity contribution in [1.82, 2.24) is 9.99 Å². The van der Waals surface area contributed by atoms with E-state index in [9.17, 15) is 27.2 Å². The number of carbonyl (C=O) groups is 2. The van der Waals surface area contributed by atoms with Crippen LogP contribution in [0.5, 0.6) is 11.5 Å². The van der Waals surface area contributed by atoms with Crippen LogP contribution in [0.15, 0.2) is 47.0 Å². The molecule has 3 rings (SSSR count). The Bertz CT molecular complexity index is 1300. The molecule has 13 heteroatoms. The summed E-state index contributed by atoms with van der Waals surface area (Å²) in [6.07, 6.45) is -2.72. The number of imide groups is 1. The minimum absolute atomic E-state index is 0.00241. The minimum Gasteiger partial charge on any atom is -0.496 e. The van der Waals surface area contributed by atoms with Gasteiger partial charge in [0.25, 0.3) is 11.8 Å². The lowest BCUT2D eigenvalue weighted by atomic mass is 9.92. The number of nitrogens with two attached hydrogens (primary N) is 1. The maximum atomic E-state index is 14.0. The molecule has 0 saturated carbocycles. The lowest BCUT2D eigenvalue weighted by Crippen LogP contribution is -2.45. The van der Waals surface area contributed by atoms with Crippen LogP contribution in [0.25, 0.3) is 11.3 Å². The highest BCUT2D eigenvalue weighted by Crippen LogP contribution is 2.34. The topological polar surface area (TPSA) is 108 Å². The Labute approximate surface area is 220 Å². The number of carbonyl (C=O) groups excluding carboxylic acids is 2. The number of aryl methyl sites for hydroxylation is 1. The van der Waals surface area contributed by atoms with Gasteiger partial charge in [0.05, 0.1) is 24.8 Å². The van der Waals surface area contributed by atoms with Crippen LogP contribution >= 0.6 is 11.6 Å². The molecule has 1 atom stereocenters. The largest absolute Gasteiger partial charge is 0.573 e. The number of benzene rings is 2. The van der Waals surface area contributed by atoms with Gasteiger partial charge in [0.15, 0.2) is 23.2 Å². The van der Waals surface area contributed by atoms with E-state index < -0.39 is 35.7 Å². The summed E-state index contributed by atoms with van der Waals surface area (Å²) in [6, 6.07) is 6.94. The van der Waals surface area contributed by atoms with Crippen LogP contribution in [-0.2, 0) is 4.79 Å². The highest BCUT2D eigenvalue weighted by Gasteiger charge is 2.34. The number of oxazole rings is 1. The zero-order valence-electron chi connectivity index (χ0n) is 20.4. The number of methoxy groups -OCH3 is 1. The molecule has 204 valence electrons. The second-order valence-electron chi connectivity index (χ2n) is 8.15. The Kier molecular flexibility index (Phi) is 9.34. The second-order valence-corrected chi connectivity index (χ2v) is 8.52. The van der Waals surface area contributed by atoms with Crippen molar-refractivity contribution in [3.8, 4) is 22.8 Å². The Morgan fingerprint density at radius 1 is 1.16 bits per heavy atom. The third-order valence-corrected chi connectivity index (χ3v) is 5.82. The standard InChI is InChI=1S/C25H24ClF4N3O5/c1-14-32-13-22(37-14)18-8-6-16(12-20(18)36-2)23(34)33(31)24(35)17(5-3-4-10-26)15-7-9-19(27)21(11-15)38-25(28,29)30/h6-9,11-13,17H,3-5,10,31H2,1-2H3. The van der Waals surface area contributed by atoms with Crippen LogP contribution in [-0.4, -0.2) is 41.2 Å². The van der Waals surface area contributed by atoms with Crippen molar-refractivity contribution in [3.63, 3.8) is 0 Å². The number of unbranched alkanes of at least 4 members (excludes halogenated alkanes) is 1. The van der Waals surface area contributed by atoms with E-state index in [-0.39, 0.29) is 29.2 Å². The highest BCUT2D eigenvalue weighted by molar-refractivity contribution is 6.17. The third-order valence-electron chi connectivity index (χ3n) is 5.55. The van der Waals surface area contributed by atoms with Gasteiger partial charge in [-0.1, -0.05) is 12.5 Å². The van der Waals surface area contributed by atoms with Gasteiger partial charge in [-0.2, -0.15) is 0 Å². The van der Waals surface area contributed by atoms with Gasteiger partial charge in [0.2, 0.25) is 0 Å². The van der Waals surface area contributed by atoms with Gasteiger partial charge < -0.3 is 13.9 Å². The maximum absolute atomic E-state index is 14.0. The molecule has 0 fully saturated rings. The molecular weight excluding hydrogens is 534 g/mol. The van der Waals surface area contributed by atoms with Gasteiger partial charge in [-0.3, -0.25) is 9.59 Å². The number of hydrogen-bond acceptors (Lipinski definition) is 7. The molecule has 38 heavy (non-hydrogen) atoms. The molecule has 2 N–H and O–H groups in total. The molecular formula is C25H24ClF4N3O5. The van der Waals surface area contributed by atoms with Crippen molar-refractivity contribution < 1.29 is 41.0 Å². The maximum Gasteiger partial charge on any atom is 0.573 e. The van der Waals surface area contributed by atoms with Crippen molar-refractivity contribution in [1.29, 1.82) is 0 Å². The van der Waals surface area contributed by atoms with E-state index in [4.69, 9.17) is 26.6 Å². The number of ether oxygens (including phenoxy) is 2. The molecule has 0 radical (unpaired) electrons. The molecule has 2 aromatic carbocycles. The number of alkyl halides is 4. The number of aromatic nitrogens is 1. The van der Waals surface area contributed by atoms with Crippen molar-refractivity contribution in [2.24, 2.45) is 5.84 Å². The predicted octanol–water partition coefficient (Wildman–Crippen LogP) is 5.73. The van der Waals surface area contributed by atoms with Crippen LogP contribution in [0.3, 0.4) is 0 Å². The lowest BCUT2D eigenvalue weighted by Gasteiger charge is -2.23. The Morgan fingerprint density at radius 3 is 2.50 bits per heavy atom. The molecule has 1 heterocycles. The summed E-state index contributed by atoms with van der Waals surface area (Å²) in [4.78, 5) is 30.5. The Hall–Kier alpha value is -3.64. The zero-order chi connectivity index (χ0) is 28.0. The third kappa shape index (κ3) is 7.01. The first-order chi connectivity index (χ1) is 17.9. The monoisotopic (exact) mass is 557 g/mol. The van der Waals surface area contributed by atoms with Gasteiger partial charge in [0, 0.05) is 18.4 Å². The van der Waals surface area contributed by atoms with Crippen LogP contribution in [0.1, 0.15) is 47.0 Å². The van der Waals surface area contributed by atoms with Crippen LogP contribution in [0.4, 0.5) is 17.6 Å². The fraction of sp³-hybridized carbons (Fsp3) is 0.320. The molecule has 8 nitrogen and oxygen atoms in total. The van der Waals surface area contributed by atoms with E-state index in [1.54, 1.807) is 6.92 Å². The van der Waals surface area contributed by atoms with E-state index >= 15 is 0 Å². The summed E-state index contributed by atoms with van der Waals surface area (Å²) in [5.74, 6) is 1.87. The quantitative estimate of drug-likeness (QED) is 0.0846. The SMILES string of the molecule is COc1cc(C(=O)N(N)C(=O)C(CCCCCl)c2ccc(F)c(OC(F)(F)F)c2)ccc1-c1cnc(C)o1. The Balaban J connectivity index is 1.91. The molecule has 0 aliphatic rings. The first-order valence-electron chi connectivity index (χ1n) is 11.3. The van der Waals surface area contributed by atoms with Crippen molar-refractivity contribution in [3.05, 3.63) is 65.4 Å². The summed E-state index contributed by atoms with van der Waals surface area (Å²) < 4.78 is 66.7. The summed E-state index contributed by atoms with van der Waals surface area (Å²) >= 11 is 5.72. The summed E-state index contributed by atoms with van der Waals surface area (Å²) in [6.45, 7) is 1.66. The molecule has 3 aromatic rings. The van der Waals surface area contributed by atoms with Gasteiger partial charge in [-0.05, 0) is 48.7 Å². The second kappa shape index (κ2) is 12.3.